The van der Waals surface area contributed by atoms with Crippen LogP contribution in [0.3, 0.4) is 0 Å². The Morgan fingerprint density at radius 3 is 2.66 bits per heavy atom. The molecule has 6 rings (SSSR count). The van der Waals surface area contributed by atoms with Gasteiger partial charge in [-0.25, -0.2) is 14.6 Å². The van der Waals surface area contributed by atoms with E-state index in [0.717, 1.165) is 75.9 Å². The number of nitrogens with two attached hydrogens (primary N) is 1. The number of aryl methyl sites for hydroxylation is 2. The average molecular weight is 514 g/mol. The number of hydrogen-bond acceptors (Lipinski definition) is 9. The van der Waals surface area contributed by atoms with Gasteiger partial charge in [-0.2, -0.15) is 10.1 Å². The second kappa shape index (κ2) is 10.0. The number of nitrogen functional groups attached to an aromatic ring is 1. The topological polar surface area (TPSA) is 137 Å². The number of fused-ring (bicyclic) bond motifs is 2. The van der Waals surface area contributed by atoms with Crippen LogP contribution in [0, 0.1) is 13.8 Å². The summed E-state index contributed by atoms with van der Waals surface area (Å²) in [5.41, 5.74) is 13.4. The highest BCUT2D eigenvalue weighted by Gasteiger charge is 2.27. The summed E-state index contributed by atoms with van der Waals surface area (Å²) in [4.78, 5) is 13.4. The molecule has 3 aromatic heterocycles. The molecule has 0 unspecified atom stereocenters. The highest BCUT2D eigenvalue weighted by atomic mass is 16.5. The van der Waals surface area contributed by atoms with Crippen molar-refractivity contribution in [2.75, 3.05) is 24.3 Å². The molecule has 1 aliphatic rings. The highest BCUT2D eigenvalue weighted by molar-refractivity contribution is 5.98. The van der Waals surface area contributed by atoms with Gasteiger partial charge in [-0.15, -0.1) is 0 Å². The molecule has 0 aliphatic heterocycles. The molecule has 0 amide bonds. The molecular formula is C28H31N7O3. The molecule has 1 saturated carbocycles. The summed E-state index contributed by atoms with van der Waals surface area (Å²) >= 11 is 0. The number of aromatic nitrogens is 5. The third-order valence-corrected chi connectivity index (χ3v) is 7.18. The Morgan fingerprint density at radius 1 is 1.11 bits per heavy atom. The summed E-state index contributed by atoms with van der Waals surface area (Å²) in [6.45, 7) is 4.50. The number of anilines is 3. The molecule has 10 nitrogen and oxygen atoms in total. The van der Waals surface area contributed by atoms with Gasteiger partial charge in [0, 0.05) is 11.3 Å². The van der Waals surface area contributed by atoms with Crippen LogP contribution in [-0.4, -0.2) is 49.2 Å². The number of nitrogens with one attached hydrogen (secondary N) is 1. The molecule has 4 N–H and O–H groups in total. The first-order valence-electron chi connectivity index (χ1n) is 13.0. The molecular weight excluding hydrogens is 482 g/mol. The predicted octanol–water partition coefficient (Wildman–Crippen LogP) is 5.07. The minimum absolute atomic E-state index is 0.0474. The smallest absolute Gasteiger partial charge is 0.300 e. The van der Waals surface area contributed by atoms with E-state index in [1.807, 2.05) is 41.9 Å². The maximum atomic E-state index is 9.05. The largest absolute Gasteiger partial charge is 0.423 e. The number of ether oxygens (including phenoxy) is 1. The van der Waals surface area contributed by atoms with E-state index in [4.69, 9.17) is 25.1 Å². The quantitative estimate of drug-likeness (QED) is 0.272. The molecule has 5 aromatic rings. The lowest BCUT2D eigenvalue weighted by Crippen LogP contribution is -2.25. The van der Waals surface area contributed by atoms with Crippen LogP contribution in [0.1, 0.15) is 42.9 Å². The molecule has 196 valence electrons. The lowest BCUT2D eigenvalue weighted by atomic mass is 9.93. The lowest BCUT2D eigenvalue weighted by Gasteiger charge is -2.28. The summed E-state index contributed by atoms with van der Waals surface area (Å²) in [6.07, 6.45) is 5.33. The molecule has 1 aliphatic carbocycles. The minimum Gasteiger partial charge on any atom is -0.423 e. The van der Waals surface area contributed by atoms with Gasteiger partial charge in [-0.05, 0) is 68.9 Å². The second-order valence-electron chi connectivity index (χ2n) is 9.93. The first-order chi connectivity index (χ1) is 18.5. The molecule has 0 bridgehead atoms. The van der Waals surface area contributed by atoms with Crippen LogP contribution < -0.4 is 11.1 Å². The van der Waals surface area contributed by atoms with Gasteiger partial charge < -0.3 is 25.3 Å². The van der Waals surface area contributed by atoms with Crippen LogP contribution >= 0.6 is 0 Å². The third-order valence-electron chi connectivity index (χ3n) is 7.18. The number of nitrogens with zero attached hydrogens (tertiary/aromatic N) is 5. The Bertz CT molecular complexity index is 1580. The average Bonchev–Trinajstić information content (AvgIpc) is 3.51. The Kier molecular flexibility index (Phi) is 6.42. The molecule has 38 heavy (non-hydrogen) atoms. The summed E-state index contributed by atoms with van der Waals surface area (Å²) < 4.78 is 13.7. The van der Waals surface area contributed by atoms with Gasteiger partial charge in [0.15, 0.2) is 11.2 Å². The van der Waals surface area contributed by atoms with Gasteiger partial charge >= 0.3 is 0 Å². The van der Waals surface area contributed by atoms with Crippen molar-refractivity contribution in [3.8, 4) is 11.3 Å². The standard InChI is InChI=1S/C28H31N7O3/c1-16-13-17(2)25-22(14-16)33-28(38-25)32-19-5-3-18(4-6-19)24-23-26(29)30-15-31-27(23)35(34-24)20-7-9-21(10-8-20)37-12-11-36/h3-6,13-15,20-21,36H,7-12H2,1-2H3,(H,32,33)(H2,29,30,31)/t20-,21-. The monoisotopic (exact) mass is 513 g/mol. The van der Waals surface area contributed by atoms with E-state index in [1.165, 1.54) is 6.33 Å². The fourth-order valence-electron chi connectivity index (χ4n) is 5.39. The van der Waals surface area contributed by atoms with Crippen molar-refractivity contribution in [1.82, 2.24) is 24.7 Å². The molecule has 0 radical (unpaired) electrons. The Labute approximate surface area is 219 Å². The summed E-state index contributed by atoms with van der Waals surface area (Å²) in [5, 5.41) is 18.1. The van der Waals surface area contributed by atoms with Crippen molar-refractivity contribution < 1.29 is 14.3 Å². The zero-order valence-corrected chi connectivity index (χ0v) is 21.5. The molecule has 0 atom stereocenters. The van der Waals surface area contributed by atoms with E-state index in [-0.39, 0.29) is 18.8 Å². The minimum atomic E-state index is 0.0474. The number of aliphatic hydroxyl groups excluding tert-OH is 1. The van der Waals surface area contributed by atoms with Crippen LogP contribution in [0.15, 0.2) is 47.1 Å². The van der Waals surface area contributed by atoms with Gasteiger partial charge in [0.2, 0.25) is 0 Å². The number of oxazole rings is 1. The summed E-state index contributed by atoms with van der Waals surface area (Å²) in [7, 11) is 0. The van der Waals surface area contributed by atoms with Gasteiger partial charge in [-0.3, -0.25) is 0 Å². The van der Waals surface area contributed by atoms with Crippen LogP contribution in [0.2, 0.25) is 0 Å². The summed E-state index contributed by atoms with van der Waals surface area (Å²) in [5.74, 6) is 0.413. The number of benzene rings is 2. The van der Waals surface area contributed by atoms with Crippen LogP contribution in [-0.2, 0) is 4.74 Å². The Balaban J connectivity index is 1.26. The summed E-state index contributed by atoms with van der Waals surface area (Å²) in [6, 6.07) is 12.7. The predicted molar refractivity (Wildman–Crippen MR) is 146 cm³/mol. The van der Waals surface area contributed by atoms with Gasteiger partial charge in [-0.1, -0.05) is 18.2 Å². The van der Waals surface area contributed by atoms with Crippen molar-refractivity contribution in [3.05, 3.63) is 53.9 Å². The van der Waals surface area contributed by atoms with E-state index >= 15 is 0 Å². The second-order valence-corrected chi connectivity index (χ2v) is 9.93. The van der Waals surface area contributed by atoms with Crippen LogP contribution in [0.4, 0.5) is 17.5 Å². The zero-order valence-electron chi connectivity index (χ0n) is 21.5. The van der Waals surface area contributed by atoms with E-state index in [2.05, 4.69) is 33.3 Å². The van der Waals surface area contributed by atoms with Crippen molar-refractivity contribution in [3.63, 3.8) is 0 Å². The lowest BCUT2D eigenvalue weighted by molar-refractivity contribution is 0.00109. The van der Waals surface area contributed by atoms with Crippen molar-refractivity contribution in [1.29, 1.82) is 0 Å². The number of hydrogen-bond donors (Lipinski definition) is 3. The van der Waals surface area contributed by atoms with Crippen LogP contribution in [0.5, 0.6) is 0 Å². The van der Waals surface area contributed by atoms with Crippen molar-refractivity contribution >= 4 is 39.7 Å². The maximum absolute atomic E-state index is 9.05. The normalized spacial score (nSPS) is 17.9. The number of rotatable bonds is 7. The first kappa shape index (κ1) is 24.3. The molecule has 0 saturated heterocycles. The van der Waals surface area contributed by atoms with Crippen molar-refractivity contribution in [2.24, 2.45) is 0 Å². The van der Waals surface area contributed by atoms with E-state index < -0.39 is 0 Å². The van der Waals surface area contributed by atoms with Crippen molar-refractivity contribution in [2.45, 2.75) is 51.7 Å². The van der Waals surface area contributed by atoms with Gasteiger partial charge in [0.25, 0.3) is 6.01 Å². The van der Waals surface area contributed by atoms with E-state index in [0.29, 0.717) is 18.4 Å². The zero-order chi connectivity index (χ0) is 26.2. The SMILES string of the molecule is Cc1cc(C)c2oc(Nc3ccc(-c4nn([C@H]5CC[C@H](OCCO)CC5)c5ncnc(N)c45)cc3)nc2c1. The van der Waals surface area contributed by atoms with Crippen LogP contribution in [0.25, 0.3) is 33.4 Å². The van der Waals surface area contributed by atoms with Gasteiger partial charge in [0.1, 0.15) is 23.4 Å². The Morgan fingerprint density at radius 2 is 1.89 bits per heavy atom. The third kappa shape index (κ3) is 4.57. The molecule has 3 heterocycles. The Hall–Kier alpha value is -4.02. The molecule has 2 aromatic carbocycles. The fourth-order valence-corrected chi connectivity index (χ4v) is 5.39. The molecule has 10 heteroatoms. The first-order valence-corrected chi connectivity index (χ1v) is 13.0. The molecule has 1 fully saturated rings. The van der Waals surface area contributed by atoms with E-state index in [9.17, 15) is 0 Å². The number of aliphatic hydroxyl groups is 1. The highest BCUT2D eigenvalue weighted by Crippen LogP contribution is 2.37. The van der Waals surface area contributed by atoms with Gasteiger partial charge in [0.05, 0.1) is 30.7 Å². The maximum Gasteiger partial charge on any atom is 0.300 e. The van der Waals surface area contributed by atoms with E-state index in [1.54, 1.807) is 0 Å². The fraction of sp³-hybridized carbons (Fsp3) is 0.357. The molecule has 0 spiro atoms.